The van der Waals surface area contributed by atoms with E-state index in [1.807, 2.05) is 20.8 Å². The molecule has 9 nitrogen and oxygen atoms in total. The van der Waals surface area contributed by atoms with Gasteiger partial charge in [0, 0.05) is 18.7 Å². The molecule has 3 rings (SSSR count). The molecule has 0 bridgehead atoms. The molecule has 1 atom stereocenters. The predicted octanol–water partition coefficient (Wildman–Crippen LogP) is 2.69. The number of aryl methyl sites for hydroxylation is 2. The van der Waals surface area contributed by atoms with E-state index in [1.54, 1.807) is 46.6 Å². The largest absolute Gasteiger partial charge is 0.449 e. The predicted molar refractivity (Wildman–Crippen MR) is 113 cm³/mol. The second kappa shape index (κ2) is 8.48. The van der Waals surface area contributed by atoms with Crippen molar-refractivity contribution < 1.29 is 14.3 Å². The SMILES string of the molecule is CCn1c(=O)c(C)nc2cc(C(=O)O[C@@H](C)C(=O)Nc3ccnn3C(C)C)ccc21. The Morgan fingerprint density at radius 3 is 2.60 bits per heavy atom. The molecule has 2 heterocycles. The van der Waals surface area contributed by atoms with Crippen LogP contribution in [0.4, 0.5) is 5.82 Å². The fourth-order valence-electron chi connectivity index (χ4n) is 3.15. The maximum atomic E-state index is 12.6. The van der Waals surface area contributed by atoms with Crippen molar-refractivity contribution in [2.24, 2.45) is 0 Å². The third kappa shape index (κ3) is 4.10. The number of hydrogen-bond acceptors (Lipinski definition) is 6. The molecule has 1 amide bonds. The summed E-state index contributed by atoms with van der Waals surface area (Å²) in [4.78, 5) is 41.5. The summed E-state index contributed by atoms with van der Waals surface area (Å²) in [7, 11) is 0. The maximum absolute atomic E-state index is 12.6. The molecular weight excluding hydrogens is 386 g/mol. The number of benzene rings is 1. The Morgan fingerprint density at radius 2 is 1.93 bits per heavy atom. The van der Waals surface area contributed by atoms with Crippen LogP contribution in [0.25, 0.3) is 11.0 Å². The number of nitrogens with one attached hydrogen (secondary N) is 1. The lowest BCUT2D eigenvalue weighted by molar-refractivity contribution is -0.123. The summed E-state index contributed by atoms with van der Waals surface area (Å²) in [5.41, 5.74) is 1.59. The first-order chi connectivity index (χ1) is 14.2. The van der Waals surface area contributed by atoms with E-state index in [9.17, 15) is 14.4 Å². The molecule has 3 aromatic rings. The number of carbonyl (C=O) groups excluding carboxylic acids is 2. The quantitative estimate of drug-likeness (QED) is 0.625. The monoisotopic (exact) mass is 411 g/mol. The van der Waals surface area contributed by atoms with Gasteiger partial charge in [-0.15, -0.1) is 0 Å². The van der Waals surface area contributed by atoms with Gasteiger partial charge in [0.2, 0.25) is 0 Å². The van der Waals surface area contributed by atoms with E-state index in [2.05, 4.69) is 15.4 Å². The van der Waals surface area contributed by atoms with Crippen LogP contribution in [-0.4, -0.2) is 37.3 Å². The fraction of sp³-hybridized carbons (Fsp3) is 0.381. The number of nitrogens with zero attached hydrogens (tertiary/aromatic N) is 4. The molecule has 0 aliphatic rings. The van der Waals surface area contributed by atoms with E-state index in [4.69, 9.17) is 4.74 Å². The molecule has 0 spiro atoms. The third-order valence-electron chi connectivity index (χ3n) is 4.72. The van der Waals surface area contributed by atoms with Gasteiger partial charge in [-0.2, -0.15) is 5.10 Å². The highest BCUT2D eigenvalue weighted by molar-refractivity contribution is 5.98. The fourth-order valence-corrected chi connectivity index (χ4v) is 3.15. The molecule has 0 unspecified atom stereocenters. The first-order valence-electron chi connectivity index (χ1n) is 9.79. The smallest absolute Gasteiger partial charge is 0.338 e. The summed E-state index contributed by atoms with van der Waals surface area (Å²) in [6.45, 7) is 9.38. The van der Waals surface area contributed by atoms with Gasteiger partial charge >= 0.3 is 5.97 Å². The zero-order valence-corrected chi connectivity index (χ0v) is 17.7. The van der Waals surface area contributed by atoms with Crippen molar-refractivity contribution in [1.82, 2.24) is 19.3 Å². The van der Waals surface area contributed by atoms with Crippen LogP contribution in [0.2, 0.25) is 0 Å². The van der Waals surface area contributed by atoms with Gasteiger partial charge in [-0.25, -0.2) is 14.5 Å². The first kappa shape index (κ1) is 21.2. The van der Waals surface area contributed by atoms with Crippen LogP contribution in [0.5, 0.6) is 0 Å². The van der Waals surface area contributed by atoms with Gasteiger partial charge < -0.3 is 14.6 Å². The molecule has 0 aliphatic carbocycles. The standard InChI is InChI=1S/C21H25N5O4/c1-6-25-17-8-7-15(11-16(17)23-13(4)20(25)28)21(29)30-14(5)19(27)24-18-9-10-22-26(18)12(2)3/h7-12,14H,6H2,1-5H3,(H,24,27)/t14-/m0/s1. The van der Waals surface area contributed by atoms with E-state index < -0.39 is 18.0 Å². The summed E-state index contributed by atoms with van der Waals surface area (Å²) >= 11 is 0. The van der Waals surface area contributed by atoms with Crippen molar-refractivity contribution in [3.63, 3.8) is 0 Å². The molecule has 1 N–H and O–H groups in total. The van der Waals surface area contributed by atoms with E-state index in [-0.39, 0.29) is 17.2 Å². The normalized spacial score (nSPS) is 12.2. The van der Waals surface area contributed by atoms with Crippen molar-refractivity contribution in [2.75, 3.05) is 5.32 Å². The highest BCUT2D eigenvalue weighted by atomic mass is 16.5. The minimum Gasteiger partial charge on any atom is -0.449 e. The zero-order chi connectivity index (χ0) is 22.0. The molecular formula is C21H25N5O4. The number of fused-ring (bicyclic) bond motifs is 1. The van der Waals surface area contributed by atoms with Crippen LogP contribution < -0.4 is 10.9 Å². The molecule has 158 valence electrons. The molecule has 2 aromatic heterocycles. The lowest BCUT2D eigenvalue weighted by Gasteiger charge is -2.16. The average Bonchev–Trinajstić information content (AvgIpc) is 3.17. The van der Waals surface area contributed by atoms with Gasteiger partial charge in [0.15, 0.2) is 6.10 Å². The molecule has 1 aromatic carbocycles. The minimum atomic E-state index is -1.01. The van der Waals surface area contributed by atoms with Crippen molar-refractivity contribution in [1.29, 1.82) is 0 Å². The Morgan fingerprint density at radius 1 is 1.20 bits per heavy atom. The van der Waals surface area contributed by atoms with Gasteiger partial charge in [-0.05, 0) is 52.8 Å². The van der Waals surface area contributed by atoms with E-state index in [1.165, 1.54) is 6.92 Å². The third-order valence-corrected chi connectivity index (χ3v) is 4.72. The lowest BCUT2D eigenvalue weighted by Crippen LogP contribution is -2.31. The molecule has 30 heavy (non-hydrogen) atoms. The van der Waals surface area contributed by atoms with Gasteiger partial charge in [0.1, 0.15) is 11.5 Å². The Bertz CT molecular complexity index is 1160. The van der Waals surface area contributed by atoms with Gasteiger partial charge in [-0.3, -0.25) is 9.59 Å². The number of hydrogen-bond donors (Lipinski definition) is 1. The van der Waals surface area contributed by atoms with Crippen molar-refractivity contribution >= 4 is 28.7 Å². The van der Waals surface area contributed by atoms with E-state index in [0.717, 1.165) is 0 Å². The van der Waals surface area contributed by atoms with Crippen LogP contribution >= 0.6 is 0 Å². The number of amides is 1. The van der Waals surface area contributed by atoms with Crippen LogP contribution in [0.15, 0.2) is 35.3 Å². The molecule has 0 radical (unpaired) electrons. The number of carbonyl (C=O) groups is 2. The second-order valence-electron chi connectivity index (χ2n) is 7.24. The Hall–Kier alpha value is -3.49. The highest BCUT2D eigenvalue weighted by Crippen LogP contribution is 2.16. The topological polar surface area (TPSA) is 108 Å². The van der Waals surface area contributed by atoms with Crippen LogP contribution in [0, 0.1) is 6.92 Å². The van der Waals surface area contributed by atoms with Gasteiger partial charge in [-0.1, -0.05) is 0 Å². The molecule has 0 saturated carbocycles. The van der Waals surface area contributed by atoms with Crippen molar-refractivity contribution in [3.05, 3.63) is 52.1 Å². The molecule has 0 fully saturated rings. The van der Waals surface area contributed by atoms with E-state index in [0.29, 0.717) is 29.1 Å². The van der Waals surface area contributed by atoms with Crippen LogP contribution in [0.3, 0.4) is 0 Å². The van der Waals surface area contributed by atoms with Crippen molar-refractivity contribution in [2.45, 2.75) is 53.3 Å². The highest BCUT2D eigenvalue weighted by Gasteiger charge is 2.21. The average molecular weight is 411 g/mol. The Balaban J connectivity index is 1.77. The number of aromatic nitrogens is 4. The summed E-state index contributed by atoms with van der Waals surface area (Å²) in [5, 5.41) is 6.88. The zero-order valence-electron chi connectivity index (χ0n) is 17.7. The van der Waals surface area contributed by atoms with Gasteiger partial charge in [0.05, 0.1) is 22.8 Å². The van der Waals surface area contributed by atoms with Crippen molar-refractivity contribution in [3.8, 4) is 0 Å². The molecule has 0 aliphatic heterocycles. The molecule has 0 saturated heterocycles. The second-order valence-corrected chi connectivity index (χ2v) is 7.24. The lowest BCUT2D eigenvalue weighted by atomic mass is 10.2. The Labute approximate surface area is 173 Å². The summed E-state index contributed by atoms with van der Waals surface area (Å²) in [6.07, 6.45) is 0.578. The number of ether oxygens (including phenoxy) is 1. The minimum absolute atomic E-state index is 0.0715. The van der Waals surface area contributed by atoms with Gasteiger partial charge in [0.25, 0.3) is 11.5 Å². The van der Waals surface area contributed by atoms with Crippen LogP contribution in [0.1, 0.15) is 49.8 Å². The first-order valence-corrected chi connectivity index (χ1v) is 9.79. The van der Waals surface area contributed by atoms with Crippen LogP contribution in [-0.2, 0) is 16.1 Å². The number of anilines is 1. The maximum Gasteiger partial charge on any atom is 0.338 e. The summed E-state index contributed by atoms with van der Waals surface area (Å²) in [5.74, 6) is -0.577. The summed E-state index contributed by atoms with van der Waals surface area (Å²) in [6, 6.07) is 6.54. The van der Waals surface area contributed by atoms with E-state index >= 15 is 0 Å². The Kier molecular flexibility index (Phi) is 6.00. The number of esters is 1. The molecule has 9 heteroatoms. The summed E-state index contributed by atoms with van der Waals surface area (Å²) < 4.78 is 8.59. The number of rotatable bonds is 6.